The highest BCUT2D eigenvalue weighted by molar-refractivity contribution is 6.30. The van der Waals surface area contributed by atoms with Crippen LogP contribution < -0.4 is 4.74 Å². The van der Waals surface area contributed by atoms with Gasteiger partial charge in [0.2, 0.25) is 0 Å². The number of halogens is 3. The second kappa shape index (κ2) is 7.13. The average molecular weight is 353 g/mol. The Morgan fingerprint density at radius 2 is 1.88 bits per heavy atom. The lowest BCUT2D eigenvalue weighted by atomic mass is 10.1. The number of hydrogen-bond donors (Lipinski definition) is 0. The van der Waals surface area contributed by atoms with Gasteiger partial charge in [0.15, 0.2) is 11.5 Å². The highest BCUT2D eigenvalue weighted by atomic mass is 35.5. The van der Waals surface area contributed by atoms with Crippen molar-refractivity contribution in [3.05, 3.63) is 58.9 Å². The lowest BCUT2D eigenvalue weighted by Crippen LogP contribution is -2.42. The van der Waals surface area contributed by atoms with E-state index < -0.39 is 17.5 Å². The highest BCUT2D eigenvalue weighted by Crippen LogP contribution is 2.22. The van der Waals surface area contributed by atoms with Crippen molar-refractivity contribution in [2.24, 2.45) is 0 Å². The lowest BCUT2D eigenvalue weighted by molar-refractivity contribution is 0.0585. The molecule has 0 unspecified atom stereocenters. The highest BCUT2D eigenvalue weighted by Gasteiger charge is 2.27. The predicted octanol–water partition coefficient (Wildman–Crippen LogP) is 3.70. The van der Waals surface area contributed by atoms with Gasteiger partial charge < -0.3 is 9.64 Å². The zero-order valence-electron chi connectivity index (χ0n) is 12.7. The van der Waals surface area contributed by atoms with Crippen molar-refractivity contribution in [1.82, 2.24) is 9.88 Å². The van der Waals surface area contributed by atoms with Gasteiger partial charge in [0.1, 0.15) is 17.7 Å². The SMILES string of the molecule is O=C(c1ncc(F)cc1F)N1CCC(Oc2ccc(Cl)cc2)CC1. The standard InChI is InChI=1S/C17H15ClF2N2O2/c18-11-1-3-13(4-2-11)24-14-5-7-22(8-6-14)17(23)16-15(20)9-12(19)10-21-16/h1-4,9-10,14H,5-8H2. The van der Waals surface area contributed by atoms with Crippen molar-refractivity contribution in [1.29, 1.82) is 0 Å². The Morgan fingerprint density at radius 3 is 2.50 bits per heavy atom. The number of benzene rings is 1. The number of carbonyl (C=O) groups excluding carboxylic acids is 1. The molecule has 1 saturated heterocycles. The number of amides is 1. The van der Waals surface area contributed by atoms with E-state index in [1.807, 2.05) is 0 Å². The van der Waals surface area contributed by atoms with Gasteiger partial charge in [-0.25, -0.2) is 13.8 Å². The van der Waals surface area contributed by atoms with Crippen molar-refractivity contribution < 1.29 is 18.3 Å². The van der Waals surface area contributed by atoms with Gasteiger partial charge in [-0.05, 0) is 24.3 Å². The molecule has 0 N–H and O–H groups in total. The summed E-state index contributed by atoms with van der Waals surface area (Å²) in [7, 11) is 0. The quantitative estimate of drug-likeness (QED) is 0.846. The van der Waals surface area contributed by atoms with Crippen LogP contribution in [0.3, 0.4) is 0 Å². The van der Waals surface area contributed by atoms with E-state index in [0.717, 1.165) is 11.9 Å². The molecule has 1 amide bonds. The van der Waals surface area contributed by atoms with Gasteiger partial charge in [0.25, 0.3) is 5.91 Å². The number of pyridine rings is 1. The summed E-state index contributed by atoms with van der Waals surface area (Å²) in [6.07, 6.45) is 2.06. The van der Waals surface area contributed by atoms with Crippen molar-refractivity contribution in [2.75, 3.05) is 13.1 Å². The van der Waals surface area contributed by atoms with E-state index in [-0.39, 0.29) is 11.8 Å². The number of carbonyl (C=O) groups is 1. The van der Waals surface area contributed by atoms with Gasteiger partial charge in [-0.1, -0.05) is 11.6 Å². The van der Waals surface area contributed by atoms with E-state index in [1.54, 1.807) is 24.3 Å². The fraction of sp³-hybridized carbons (Fsp3) is 0.294. The van der Waals surface area contributed by atoms with Gasteiger partial charge in [-0.3, -0.25) is 4.79 Å². The van der Waals surface area contributed by atoms with Gasteiger partial charge >= 0.3 is 0 Å². The van der Waals surface area contributed by atoms with Crippen LogP contribution in [0.15, 0.2) is 36.5 Å². The molecule has 1 aromatic heterocycles. The number of likely N-dealkylation sites (tertiary alicyclic amines) is 1. The van der Waals surface area contributed by atoms with Crippen LogP contribution in [0, 0.1) is 11.6 Å². The Balaban J connectivity index is 1.58. The molecule has 2 heterocycles. The zero-order valence-corrected chi connectivity index (χ0v) is 13.5. The summed E-state index contributed by atoms with van der Waals surface area (Å²) < 4.78 is 32.4. The minimum atomic E-state index is -0.945. The molecule has 0 atom stereocenters. The molecule has 2 aromatic rings. The van der Waals surface area contributed by atoms with Crippen LogP contribution in [0.2, 0.25) is 5.02 Å². The third-order valence-electron chi connectivity index (χ3n) is 3.86. The fourth-order valence-corrected chi connectivity index (χ4v) is 2.73. The topological polar surface area (TPSA) is 42.4 Å². The number of hydrogen-bond acceptors (Lipinski definition) is 3. The molecule has 1 aliphatic rings. The summed E-state index contributed by atoms with van der Waals surface area (Å²) in [5.41, 5.74) is -0.353. The normalized spacial score (nSPS) is 15.4. The first kappa shape index (κ1) is 16.6. The number of rotatable bonds is 3. The molecule has 0 aliphatic carbocycles. The average Bonchev–Trinajstić information content (AvgIpc) is 2.57. The summed E-state index contributed by atoms with van der Waals surface area (Å²) in [6, 6.07) is 7.74. The Hall–Kier alpha value is -2.21. The Bertz CT molecular complexity index is 732. The number of piperidine rings is 1. The molecule has 3 rings (SSSR count). The van der Waals surface area contributed by atoms with Crippen LogP contribution in [0.4, 0.5) is 8.78 Å². The van der Waals surface area contributed by atoms with Crippen LogP contribution in [0.5, 0.6) is 5.75 Å². The number of nitrogens with zero attached hydrogens (tertiary/aromatic N) is 2. The largest absolute Gasteiger partial charge is 0.490 e. The summed E-state index contributed by atoms with van der Waals surface area (Å²) in [4.78, 5) is 17.3. The molecule has 1 aromatic carbocycles. The van der Waals surface area contributed by atoms with Crippen LogP contribution in [-0.4, -0.2) is 35.0 Å². The molecule has 7 heteroatoms. The van der Waals surface area contributed by atoms with E-state index in [4.69, 9.17) is 16.3 Å². The zero-order chi connectivity index (χ0) is 17.1. The van der Waals surface area contributed by atoms with Crippen molar-refractivity contribution >= 4 is 17.5 Å². The molecule has 1 aliphatic heterocycles. The maximum absolute atomic E-state index is 13.7. The second-order valence-corrected chi connectivity index (χ2v) is 5.98. The molecule has 126 valence electrons. The first-order chi connectivity index (χ1) is 11.5. The number of ether oxygens (including phenoxy) is 1. The van der Waals surface area contributed by atoms with Crippen LogP contribution in [-0.2, 0) is 0 Å². The third-order valence-corrected chi connectivity index (χ3v) is 4.11. The molecular formula is C17H15ClF2N2O2. The Kier molecular flexibility index (Phi) is 4.94. The van der Waals surface area contributed by atoms with Crippen molar-refractivity contribution in [2.45, 2.75) is 18.9 Å². The summed E-state index contributed by atoms with van der Waals surface area (Å²) in [5.74, 6) is -1.56. The number of aromatic nitrogens is 1. The van der Waals surface area contributed by atoms with Crippen LogP contribution >= 0.6 is 11.6 Å². The molecular weight excluding hydrogens is 338 g/mol. The van der Waals surface area contributed by atoms with Crippen LogP contribution in [0.25, 0.3) is 0 Å². The van der Waals surface area contributed by atoms with Crippen molar-refractivity contribution in [3.63, 3.8) is 0 Å². The smallest absolute Gasteiger partial charge is 0.275 e. The first-order valence-corrected chi connectivity index (χ1v) is 7.93. The van der Waals surface area contributed by atoms with E-state index in [0.29, 0.717) is 37.0 Å². The molecule has 4 nitrogen and oxygen atoms in total. The summed E-state index contributed by atoms with van der Waals surface area (Å²) in [5, 5.41) is 0.636. The molecule has 0 saturated carbocycles. The van der Waals surface area contributed by atoms with E-state index in [2.05, 4.69) is 4.98 Å². The van der Waals surface area contributed by atoms with Gasteiger partial charge in [0, 0.05) is 37.0 Å². The molecule has 0 radical (unpaired) electrons. The van der Waals surface area contributed by atoms with E-state index in [9.17, 15) is 13.6 Å². The molecule has 1 fully saturated rings. The molecule has 0 spiro atoms. The monoisotopic (exact) mass is 352 g/mol. The van der Waals surface area contributed by atoms with Crippen molar-refractivity contribution in [3.8, 4) is 5.75 Å². The minimum Gasteiger partial charge on any atom is -0.490 e. The summed E-state index contributed by atoms with van der Waals surface area (Å²) >= 11 is 5.83. The predicted molar refractivity (Wildman–Crippen MR) is 85.2 cm³/mol. The van der Waals surface area contributed by atoms with E-state index >= 15 is 0 Å². The fourth-order valence-electron chi connectivity index (χ4n) is 2.60. The van der Waals surface area contributed by atoms with Gasteiger partial charge in [-0.2, -0.15) is 0 Å². The summed E-state index contributed by atoms with van der Waals surface area (Å²) in [6.45, 7) is 0.852. The van der Waals surface area contributed by atoms with E-state index in [1.165, 1.54) is 4.90 Å². The third kappa shape index (κ3) is 3.82. The Labute approximate surface area is 143 Å². The maximum atomic E-state index is 13.7. The Morgan fingerprint density at radius 1 is 1.21 bits per heavy atom. The second-order valence-electron chi connectivity index (χ2n) is 5.55. The first-order valence-electron chi connectivity index (χ1n) is 7.55. The maximum Gasteiger partial charge on any atom is 0.275 e. The van der Waals surface area contributed by atoms with Gasteiger partial charge in [0.05, 0.1) is 6.20 Å². The molecule has 24 heavy (non-hydrogen) atoms. The van der Waals surface area contributed by atoms with Crippen LogP contribution in [0.1, 0.15) is 23.3 Å². The minimum absolute atomic E-state index is 0.0266. The molecule has 0 bridgehead atoms. The lowest BCUT2D eigenvalue weighted by Gasteiger charge is -2.32. The van der Waals surface area contributed by atoms with Gasteiger partial charge in [-0.15, -0.1) is 0 Å².